The number of benzene rings is 1. The van der Waals surface area contributed by atoms with E-state index in [1.165, 1.54) is 12.8 Å². The van der Waals surface area contributed by atoms with Gasteiger partial charge in [0.25, 0.3) is 0 Å². The second-order valence-corrected chi connectivity index (χ2v) is 4.30. The molecular weight excluding hydrogens is 212 g/mol. The lowest BCUT2D eigenvalue weighted by atomic mass is 10.2. The predicted octanol–water partition coefficient (Wildman–Crippen LogP) is 2.25. The van der Waals surface area contributed by atoms with E-state index < -0.39 is 0 Å². The molecule has 0 spiro atoms. The molecule has 0 aliphatic heterocycles. The second kappa shape index (κ2) is 5.51. The highest BCUT2D eigenvalue weighted by atomic mass is 16.5. The van der Waals surface area contributed by atoms with E-state index >= 15 is 0 Å². The van der Waals surface area contributed by atoms with Gasteiger partial charge in [-0.25, -0.2) is 0 Å². The highest BCUT2D eigenvalue weighted by Crippen LogP contribution is 2.19. The molecule has 1 aliphatic rings. The summed E-state index contributed by atoms with van der Waals surface area (Å²) in [4.78, 5) is 0. The smallest absolute Gasteiger partial charge is 0.137 e. The van der Waals surface area contributed by atoms with Crippen LogP contribution in [0.5, 0.6) is 5.75 Å². The Morgan fingerprint density at radius 3 is 2.94 bits per heavy atom. The first-order valence-electron chi connectivity index (χ1n) is 5.81. The third-order valence-electron chi connectivity index (χ3n) is 2.66. The molecule has 0 aromatic heterocycles. The van der Waals surface area contributed by atoms with Gasteiger partial charge in [0.1, 0.15) is 18.4 Å². The van der Waals surface area contributed by atoms with Gasteiger partial charge >= 0.3 is 0 Å². The molecule has 17 heavy (non-hydrogen) atoms. The highest BCUT2D eigenvalue weighted by Gasteiger charge is 2.20. The highest BCUT2D eigenvalue weighted by molar-refractivity contribution is 5.42. The van der Waals surface area contributed by atoms with Crippen molar-refractivity contribution in [1.29, 1.82) is 5.26 Å². The average Bonchev–Trinajstić information content (AvgIpc) is 3.18. The van der Waals surface area contributed by atoms with Crippen molar-refractivity contribution in [3.8, 4) is 11.8 Å². The summed E-state index contributed by atoms with van der Waals surface area (Å²) in [6.45, 7) is 5.20. The molecule has 2 rings (SSSR count). The summed E-state index contributed by atoms with van der Waals surface area (Å²) in [5, 5.41) is 12.3. The lowest BCUT2D eigenvalue weighted by Gasteiger charge is -2.10. The van der Waals surface area contributed by atoms with Crippen molar-refractivity contribution in [2.75, 3.05) is 13.2 Å². The quantitative estimate of drug-likeness (QED) is 0.759. The van der Waals surface area contributed by atoms with Gasteiger partial charge in [0, 0.05) is 12.6 Å². The van der Waals surface area contributed by atoms with Crippen molar-refractivity contribution in [1.82, 2.24) is 5.32 Å². The third kappa shape index (κ3) is 3.61. The lowest BCUT2D eigenvalue weighted by Crippen LogP contribution is -2.21. The number of rotatable bonds is 6. The maximum atomic E-state index is 8.90. The van der Waals surface area contributed by atoms with Crippen LogP contribution in [0.15, 0.2) is 36.4 Å². The van der Waals surface area contributed by atoms with Gasteiger partial charge in [-0.05, 0) is 30.5 Å². The van der Waals surface area contributed by atoms with Gasteiger partial charge in [0.2, 0.25) is 0 Å². The molecule has 0 radical (unpaired) electrons. The van der Waals surface area contributed by atoms with Crippen LogP contribution in [0.2, 0.25) is 0 Å². The molecule has 1 aromatic rings. The van der Waals surface area contributed by atoms with E-state index in [9.17, 15) is 0 Å². The number of nitriles is 1. The second-order valence-electron chi connectivity index (χ2n) is 4.30. The standard InChI is InChI=1S/C14H16N2O/c1-11(9-16-13-6-7-13)10-17-14-5-3-2-4-12(14)8-15/h2-5,13,16H,1,6-7,9-10H2. The Morgan fingerprint density at radius 1 is 1.47 bits per heavy atom. The summed E-state index contributed by atoms with van der Waals surface area (Å²) in [6, 6.07) is 10.0. The van der Waals surface area contributed by atoms with E-state index in [1.54, 1.807) is 12.1 Å². The van der Waals surface area contributed by atoms with Crippen LogP contribution >= 0.6 is 0 Å². The zero-order chi connectivity index (χ0) is 12.1. The molecule has 1 N–H and O–H groups in total. The number of nitrogens with one attached hydrogen (secondary N) is 1. The Labute approximate surface area is 102 Å². The minimum atomic E-state index is 0.457. The van der Waals surface area contributed by atoms with Gasteiger partial charge in [-0.1, -0.05) is 18.7 Å². The zero-order valence-electron chi connectivity index (χ0n) is 9.78. The molecule has 1 aliphatic carbocycles. The third-order valence-corrected chi connectivity index (χ3v) is 2.66. The Morgan fingerprint density at radius 2 is 2.24 bits per heavy atom. The van der Waals surface area contributed by atoms with Gasteiger partial charge in [-0.3, -0.25) is 0 Å². The first-order valence-corrected chi connectivity index (χ1v) is 5.81. The largest absolute Gasteiger partial charge is 0.488 e. The van der Waals surface area contributed by atoms with E-state index in [4.69, 9.17) is 10.00 Å². The van der Waals surface area contributed by atoms with Crippen molar-refractivity contribution < 1.29 is 4.74 Å². The van der Waals surface area contributed by atoms with Crippen LogP contribution in [-0.2, 0) is 0 Å². The van der Waals surface area contributed by atoms with Crippen LogP contribution in [-0.4, -0.2) is 19.2 Å². The van der Waals surface area contributed by atoms with Gasteiger partial charge < -0.3 is 10.1 Å². The number of hydrogen-bond donors (Lipinski definition) is 1. The van der Waals surface area contributed by atoms with Crippen molar-refractivity contribution in [3.05, 3.63) is 42.0 Å². The minimum Gasteiger partial charge on any atom is -0.488 e. The fourth-order valence-electron chi connectivity index (χ4n) is 1.49. The van der Waals surface area contributed by atoms with Crippen molar-refractivity contribution in [2.24, 2.45) is 0 Å². The van der Waals surface area contributed by atoms with Gasteiger partial charge in [-0.15, -0.1) is 0 Å². The summed E-state index contributed by atoms with van der Waals surface area (Å²) in [6.07, 6.45) is 2.54. The van der Waals surface area contributed by atoms with Crippen LogP contribution < -0.4 is 10.1 Å². The van der Waals surface area contributed by atoms with Crippen molar-refractivity contribution in [3.63, 3.8) is 0 Å². The number of hydrogen-bond acceptors (Lipinski definition) is 3. The zero-order valence-corrected chi connectivity index (χ0v) is 9.78. The van der Waals surface area contributed by atoms with Gasteiger partial charge in [0.05, 0.1) is 5.56 Å². The summed E-state index contributed by atoms with van der Waals surface area (Å²) >= 11 is 0. The molecule has 0 bridgehead atoms. The normalized spacial score (nSPS) is 14.1. The fourth-order valence-corrected chi connectivity index (χ4v) is 1.49. The Balaban J connectivity index is 1.80. The number of ether oxygens (including phenoxy) is 1. The molecule has 0 heterocycles. The van der Waals surface area contributed by atoms with Crippen molar-refractivity contribution >= 4 is 0 Å². The minimum absolute atomic E-state index is 0.457. The summed E-state index contributed by atoms with van der Waals surface area (Å²) in [7, 11) is 0. The Kier molecular flexibility index (Phi) is 3.79. The van der Waals surface area contributed by atoms with E-state index in [2.05, 4.69) is 18.0 Å². The molecule has 1 fully saturated rings. The molecule has 88 valence electrons. The molecule has 1 aromatic carbocycles. The lowest BCUT2D eigenvalue weighted by molar-refractivity contribution is 0.347. The molecule has 0 amide bonds. The first kappa shape index (κ1) is 11.7. The topological polar surface area (TPSA) is 45.0 Å². The molecule has 3 heteroatoms. The summed E-state index contributed by atoms with van der Waals surface area (Å²) in [5.74, 6) is 0.627. The van der Waals surface area contributed by atoms with Crippen LogP contribution in [0.3, 0.4) is 0 Å². The molecule has 0 unspecified atom stereocenters. The molecular formula is C14H16N2O. The van der Waals surface area contributed by atoms with Crippen LogP contribution in [0.1, 0.15) is 18.4 Å². The monoisotopic (exact) mass is 228 g/mol. The number of nitrogens with zero attached hydrogens (tertiary/aromatic N) is 1. The molecule has 0 atom stereocenters. The van der Waals surface area contributed by atoms with Gasteiger partial charge in [0.15, 0.2) is 0 Å². The Bertz CT molecular complexity index is 444. The number of para-hydroxylation sites is 1. The van der Waals surface area contributed by atoms with Crippen LogP contribution in [0, 0.1) is 11.3 Å². The molecule has 1 saturated carbocycles. The molecule has 3 nitrogen and oxygen atoms in total. The first-order chi connectivity index (χ1) is 8.29. The van der Waals surface area contributed by atoms with Crippen molar-refractivity contribution in [2.45, 2.75) is 18.9 Å². The van der Waals surface area contributed by atoms with Crippen LogP contribution in [0.25, 0.3) is 0 Å². The Hall–Kier alpha value is -1.79. The SMILES string of the molecule is C=C(CNC1CC1)COc1ccccc1C#N. The maximum absolute atomic E-state index is 8.90. The molecule has 0 saturated heterocycles. The van der Waals surface area contributed by atoms with E-state index in [-0.39, 0.29) is 0 Å². The van der Waals surface area contributed by atoms with E-state index in [0.29, 0.717) is 24.0 Å². The van der Waals surface area contributed by atoms with Crippen LogP contribution in [0.4, 0.5) is 0 Å². The fraction of sp³-hybridized carbons (Fsp3) is 0.357. The van der Waals surface area contributed by atoms with E-state index in [0.717, 1.165) is 12.1 Å². The summed E-state index contributed by atoms with van der Waals surface area (Å²) < 4.78 is 5.58. The van der Waals surface area contributed by atoms with Gasteiger partial charge in [-0.2, -0.15) is 5.26 Å². The average molecular weight is 228 g/mol. The van der Waals surface area contributed by atoms with E-state index in [1.807, 2.05) is 12.1 Å². The summed E-state index contributed by atoms with van der Waals surface area (Å²) in [5.41, 5.74) is 1.57. The maximum Gasteiger partial charge on any atom is 0.137 e. The predicted molar refractivity (Wildman–Crippen MR) is 66.8 cm³/mol.